The highest BCUT2D eigenvalue weighted by Gasteiger charge is 2.40. The van der Waals surface area contributed by atoms with Crippen molar-refractivity contribution >= 4 is 31.0 Å². The number of amides is 1. The summed E-state index contributed by atoms with van der Waals surface area (Å²) in [4.78, 5) is 30.4. The maximum Gasteiger partial charge on any atom is 0.411 e. The molecule has 4 heterocycles. The molecule has 3 saturated heterocycles. The maximum atomic E-state index is 13.2. The summed E-state index contributed by atoms with van der Waals surface area (Å²) >= 11 is 0. The first-order valence-corrected chi connectivity index (χ1v) is 24.1. The first-order chi connectivity index (χ1) is 28.3. The van der Waals surface area contributed by atoms with Crippen LogP contribution in [0.15, 0.2) is 102 Å². The van der Waals surface area contributed by atoms with E-state index in [1.807, 2.05) is 36.4 Å². The Morgan fingerprint density at radius 3 is 2.39 bits per heavy atom. The largest absolute Gasteiger partial charge is 0.506 e. The summed E-state index contributed by atoms with van der Waals surface area (Å²) < 4.78 is 19.1. The van der Waals surface area contributed by atoms with Gasteiger partial charge in [-0.3, -0.25) is 15.0 Å². The smallest absolute Gasteiger partial charge is 0.411 e. The van der Waals surface area contributed by atoms with Crippen LogP contribution in [0.2, 0.25) is 18.1 Å². The van der Waals surface area contributed by atoms with Crippen molar-refractivity contribution in [1.82, 2.24) is 15.2 Å². The van der Waals surface area contributed by atoms with Gasteiger partial charge in [-0.1, -0.05) is 81.4 Å². The number of nitrogens with one attached hydrogen (secondary N) is 3. The Labute approximate surface area is 349 Å². The minimum Gasteiger partial charge on any atom is -0.506 e. The standard InChI is InChI=1S/C48H60N4O6Si/c1-48(2,3)59(4,5)58-43(39-19-21-42(53)46-40(39)20-22-45(54)51-46)31-49-26-23-33-13-16-37(17-14-33)56-29-9-10-34-15-18-38(35-11-7-6-8-12-35)41(30-34)50-47(55)57-44-32-52-27-24-36(44)25-28-52/h6-8,11-22,30,36,43-44,49,53H,9-10,23-29,31-32H2,1-5H3,(H,50,55)(H,51,54)/t43?,44-/m0/s1. The summed E-state index contributed by atoms with van der Waals surface area (Å²) in [6, 6.07) is 31.5. The number of ether oxygens (including phenoxy) is 2. The van der Waals surface area contributed by atoms with Crippen molar-refractivity contribution in [1.29, 1.82) is 0 Å². The molecule has 8 rings (SSSR count). The van der Waals surface area contributed by atoms with Gasteiger partial charge in [0, 0.05) is 30.1 Å². The molecule has 4 aromatic carbocycles. The maximum absolute atomic E-state index is 13.2. The van der Waals surface area contributed by atoms with Crippen molar-refractivity contribution in [2.24, 2.45) is 5.92 Å². The second-order valence-electron chi connectivity index (χ2n) is 17.7. The lowest BCUT2D eigenvalue weighted by molar-refractivity contribution is -0.0289. The number of anilines is 1. The van der Waals surface area contributed by atoms with Crippen LogP contribution in [0.5, 0.6) is 11.5 Å². The van der Waals surface area contributed by atoms with Gasteiger partial charge in [0.25, 0.3) is 0 Å². The highest BCUT2D eigenvalue weighted by atomic mass is 28.4. The molecule has 2 atom stereocenters. The van der Waals surface area contributed by atoms with E-state index in [1.165, 1.54) is 11.6 Å². The van der Waals surface area contributed by atoms with Crippen molar-refractivity contribution in [3.63, 3.8) is 0 Å². The van der Waals surface area contributed by atoms with Gasteiger partial charge < -0.3 is 29.3 Å². The van der Waals surface area contributed by atoms with Gasteiger partial charge in [0.1, 0.15) is 17.6 Å². The number of hydrogen-bond donors (Lipinski definition) is 4. The van der Waals surface area contributed by atoms with E-state index in [2.05, 4.69) is 96.8 Å². The SMILES string of the molecule is CC(C)(C)[Si](C)(C)OC(CNCCc1ccc(OCCCc2ccc(-c3ccccc3)c(NC(=O)O[C@H]3CN4CCC3CC4)c2)cc1)c1ccc(O)c2[nH]c(=O)ccc12. The number of aromatic hydroxyl groups is 1. The monoisotopic (exact) mass is 816 g/mol. The molecule has 10 nitrogen and oxygen atoms in total. The summed E-state index contributed by atoms with van der Waals surface area (Å²) in [7, 11) is -2.17. The van der Waals surface area contributed by atoms with Gasteiger partial charge in [0.15, 0.2) is 8.32 Å². The number of hydrogen-bond acceptors (Lipinski definition) is 8. The van der Waals surface area contributed by atoms with Crippen LogP contribution in [0.3, 0.4) is 0 Å². The van der Waals surface area contributed by atoms with Gasteiger partial charge in [-0.25, -0.2) is 4.79 Å². The minimum absolute atomic E-state index is 0.00884. The van der Waals surface area contributed by atoms with Crippen molar-refractivity contribution in [2.45, 2.75) is 83.2 Å². The summed E-state index contributed by atoms with van der Waals surface area (Å²) in [5.74, 6) is 1.33. The van der Waals surface area contributed by atoms with Gasteiger partial charge >= 0.3 is 6.09 Å². The summed E-state index contributed by atoms with van der Waals surface area (Å²) in [6.07, 6.45) is 3.95. The third-order valence-electron chi connectivity index (χ3n) is 12.5. The molecule has 5 aromatic rings. The minimum atomic E-state index is -2.17. The molecule has 0 aliphatic carbocycles. The topological polar surface area (TPSA) is 125 Å². The third kappa shape index (κ3) is 10.6. The molecular weight excluding hydrogens is 757 g/mol. The molecule has 1 aromatic heterocycles. The van der Waals surface area contributed by atoms with E-state index in [-0.39, 0.29) is 34.6 Å². The molecule has 4 N–H and O–H groups in total. The molecule has 0 saturated carbocycles. The average Bonchev–Trinajstić information content (AvgIpc) is 3.22. The van der Waals surface area contributed by atoms with Crippen LogP contribution in [0.4, 0.5) is 10.5 Å². The first kappa shape index (κ1) is 42.2. The van der Waals surface area contributed by atoms with Gasteiger partial charge in [-0.15, -0.1) is 0 Å². The normalized spacial score (nSPS) is 18.4. The fourth-order valence-corrected chi connectivity index (χ4v) is 9.29. The zero-order valence-corrected chi connectivity index (χ0v) is 36.2. The average molecular weight is 817 g/mol. The van der Waals surface area contributed by atoms with Crippen molar-refractivity contribution in [3.8, 4) is 22.6 Å². The lowest BCUT2D eigenvalue weighted by Gasteiger charge is -2.43. The van der Waals surface area contributed by atoms with Gasteiger partial charge in [0.2, 0.25) is 5.56 Å². The second kappa shape index (κ2) is 18.5. The highest BCUT2D eigenvalue weighted by Crippen LogP contribution is 2.41. The number of aromatic amines is 1. The molecule has 3 aliphatic heterocycles. The third-order valence-corrected chi connectivity index (χ3v) is 17.0. The number of H-pyrrole nitrogens is 1. The number of phenols is 1. The van der Waals surface area contributed by atoms with E-state index in [0.29, 0.717) is 24.6 Å². The van der Waals surface area contributed by atoms with Crippen LogP contribution in [0.1, 0.15) is 62.8 Å². The Bertz CT molecular complexity index is 2250. The molecule has 2 bridgehead atoms. The van der Waals surface area contributed by atoms with E-state index in [9.17, 15) is 14.7 Å². The number of phenolic OH excluding ortho intramolecular Hbond substituents is 1. The Morgan fingerprint density at radius 1 is 0.932 bits per heavy atom. The van der Waals surface area contributed by atoms with Crippen LogP contribution in [0.25, 0.3) is 22.0 Å². The summed E-state index contributed by atoms with van der Waals surface area (Å²) in [5.41, 5.74) is 6.21. The number of benzene rings is 4. The quantitative estimate of drug-likeness (QED) is 0.0574. The van der Waals surface area contributed by atoms with Crippen LogP contribution in [-0.2, 0) is 22.0 Å². The van der Waals surface area contributed by atoms with E-state index in [1.54, 1.807) is 12.1 Å². The molecule has 1 amide bonds. The van der Waals surface area contributed by atoms with Crippen molar-refractivity contribution < 1.29 is 23.8 Å². The van der Waals surface area contributed by atoms with E-state index < -0.39 is 8.32 Å². The number of fused-ring (bicyclic) bond motifs is 4. The number of aromatic nitrogens is 1. The Kier molecular flexibility index (Phi) is 13.3. The number of carbonyl (C=O) groups excluding carboxylic acids is 1. The molecule has 3 aliphatic rings. The van der Waals surface area contributed by atoms with E-state index in [4.69, 9.17) is 13.9 Å². The van der Waals surface area contributed by atoms with Crippen LogP contribution >= 0.6 is 0 Å². The highest BCUT2D eigenvalue weighted by molar-refractivity contribution is 6.74. The molecular formula is C48H60N4O6Si. The molecule has 0 radical (unpaired) electrons. The van der Waals surface area contributed by atoms with Gasteiger partial charge in [-0.05, 0) is 128 Å². The number of pyridine rings is 1. The van der Waals surface area contributed by atoms with Crippen molar-refractivity contribution in [2.75, 3.05) is 44.6 Å². The molecule has 3 fully saturated rings. The number of piperidine rings is 3. The molecule has 1 unspecified atom stereocenters. The Morgan fingerprint density at radius 2 is 1.68 bits per heavy atom. The zero-order valence-electron chi connectivity index (χ0n) is 35.2. The number of aryl methyl sites for hydroxylation is 1. The lowest BCUT2D eigenvalue weighted by atomic mass is 9.86. The summed E-state index contributed by atoms with van der Waals surface area (Å²) in [6.45, 7) is 16.1. The fraction of sp³-hybridized carbons (Fsp3) is 0.417. The van der Waals surface area contributed by atoms with Crippen LogP contribution in [0, 0.1) is 5.92 Å². The van der Waals surface area contributed by atoms with Crippen LogP contribution in [-0.4, -0.2) is 74.8 Å². The molecule has 312 valence electrons. The molecule has 0 spiro atoms. The predicted molar refractivity (Wildman–Crippen MR) is 239 cm³/mol. The zero-order chi connectivity index (χ0) is 41.6. The van der Waals surface area contributed by atoms with Gasteiger partial charge in [0.05, 0.1) is 23.9 Å². The van der Waals surface area contributed by atoms with Crippen LogP contribution < -0.4 is 20.9 Å². The molecule has 11 heteroatoms. The second-order valence-corrected chi connectivity index (χ2v) is 22.4. The van der Waals surface area contributed by atoms with Crippen molar-refractivity contribution in [3.05, 3.63) is 124 Å². The van der Waals surface area contributed by atoms with E-state index >= 15 is 0 Å². The molecule has 59 heavy (non-hydrogen) atoms. The number of nitrogens with zero attached hydrogens (tertiary/aromatic N) is 1. The Hall–Kier alpha value is -4.94. The number of rotatable bonds is 16. The lowest BCUT2D eigenvalue weighted by Crippen LogP contribution is -2.52. The van der Waals surface area contributed by atoms with Gasteiger partial charge in [-0.2, -0.15) is 0 Å². The van der Waals surface area contributed by atoms with E-state index in [0.717, 1.165) is 97.4 Å². The first-order valence-electron chi connectivity index (χ1n) is 21.2. The number of carbonyl (C=O) groups is 1. The summed E-state index contributed by atoms with van der Waals surface area (Å²) in [5, 5.41) is 18.0. The fourth-order valence-electron chi connectivity index (χ4n) is 8.01. The Balaban J connectivity index is 0.908. The predicted octanol–water partition coefficient (Wildman–Crippen LogP) is 9.45.